The van der Waals surface area contributed by atoms with Gasteiger partial charge in [0.25, 0.3) is 0 Å². The van der Waals surface area contributed by atoms with Crippen molar-refractivity contribution < 1.29 is 9.47 Å². The van der Waals surface area contributed by atoms with Crippen LogP contribution in [0.5, 0.6) is 0 Å². The number of rotatable bonds is 6. The number of piperidine rings is 2. The number of methoxy groups -OCH3 is 2. The van der Waals surface area contributed by atoms with Crippen LogP contribution in [0.4, 0.5) is 0 Å². The summed E-state index contributed by atoms with van der Waals surface area (Å²) >= 11 is 4.89. The van der Waals surface area contributed by atoms with Crippen LogP contribution >= 0.6 is 12.2 Å². The number of ether oxygens (including phenoxy) is 2. The number of nitrogens with zero attached hydrogens (tertiary/aromatic N) is 2. The van der Waals surface area contributed by atoms with Crippen LogP contribution in [0.2, 0.25) is 0 Å². The zero-order valence-corrected chi connectivity index (χ0v) is 17.2. The van der Waals surface area contributed by atoms with Gasteiger partial charge in [-0.15, -0.1) is 0 Å². The molecule has 0 bridgehead atoms. The first-order chi connectivity index (χ1) is 12.5. The fourth-order valence-electron chi connectivity index (χ4n) is 3.52. The third-order valence-electron chi connectivity index (χ3n) is 4.92. The van der Waals surface area contributed by atoms with E-state index in [0.29, 0.717) is 11.5 Å². The van der Waals surface area contributed by atoms with Gasteiger partial charge in [0.05, 0.1) is 13.2 Å². The number of nitrogens with two attached hydrogens (primary N) is 1. The van der Waals surface area contributed by atoms with Crippen LogP contribution in [-0.2, 0) is 9.47 Å². The molecule has 0 radical (unpaired) electrons. The van der Waals surface area contributed by atoms with Crippen LogP contribution in [0, 0.1) is 23.2 Å². The molecule has 2 aliphatic rings. The molecule has 2 fully saturated rings. The zero-order valence-electron chi connectivity index (χ0n) is 16.4. The van der Waals surface area contributed by atoms with Gasteiger partial charge in [0.2, 0.25) is 0 Å². The molecule has 0 saturated carbocycles. The predicted octanol–water partition coefficient (Wildman–Crippen LogP) is 2.06. The molecule has 2 saturated heterocycles. The highest BCUT2D eigenvalue weighted by molar-refractivity contribution is 7.80. The van der Waals surface area contributed by atoms with E-state index in [-0.39, 0.29) is 4.99 Å². The standard InChI is InChI=1S/C12H19N3OS.C7H15NO/c1-9(11(6-13)12(14)17)15-5-3-4-10(7-15)8-16-2;1-9-6-7-3-2-4-8-5-7/h10H,3-5,7-8H2,1-2H3,(H2,14,17);7-8H,2-6H2,1H3/b11-9-;. The fourth-order valence-corrected chi connectivity index (χ4v) is 3.71. The van der Waals surface area contributed by atoms with Crippen molar-refractivity contribution in [2.24, 2.45) is 17.6 Å². The molecule has 2 atom stereocenters. The molecule has 6 nitrogen and oxygen atoms in total. The van der Waals surface area contributed by atoms with Crippen molar-refractivity contribution in [2.75, 3.05) is 53.6 Å². The molecule has 2 aliphatic heterocycles. The lowest BCUT2D eigenvalue weighted by Gasteiger charge is -2.35. The number of hydrogen-bond donors (Lipinski definition) is 2. The molecule has 2 heterocycles. The highest BCUT2D eigenvalue weighted by Gasteiger charge is 2.22. The van der Waals surface area contributed by atoms with Crippen molar-refractivity contribution in [1.29, 1.82) is 5.26 Å². The van der Waals surface area contributed by atoms with E-state index >= 15 is 0 Å². The maximum absolute atomic E-state index is 9.04. The number of allylic oxidation sites excluding steroid dienone is 1. The van der Waals surface area contributed by atoms with E-state index in [0.717, 1.165) is 50.9 Å². The van der Waals surface area contributed by atoms with Gasteiger partial charge < -0.3 is 25.4 Å². The van der Waals surface area contributed by atoms with Crippen LogP contribution in [0.3, 0.4) is 0 Å². The molecule has 3 N–H and O–H groups in total. The third kappa shape index (κ3) is 8.00. The second-order valence-corrected chi connectivity index (χ2v) is 7.45. The Morgan fingerprint density at radius 2 is 1.88 bits per heavy atom. The number of nitriles is 1. The van der Waals surface area contributed by atoms with Crippen molar-refractivity contribution in [1.82, 2.24) is 10.2 Å². The molecule has 0 aromatic rings. The van der Waals surface area contributed by atoms with Crippen molar-refractivity contribution in [3.63, 3.8) is 0 Å². The van der Waals surface area contributed by atoms with E-state index in [4.69, 9.17) is 32.7 Å². The number of hydrogen-bond acceptors (Lipinski definition) is 6. The predicted molar refractivity (Wildman–Crippen MR) is 109 cm³/mol. The van der Waals surface area contributed by atoms with Gasteiger partial charge in [0.1, 0.15) is 16.6 Å². The summed E-state index contributed by atoms with van der Waals surface area (Å²) in [5.74, 6) is 1.29. The SMILES string of the molecule is COCC1CCCN(/C(C)=C(/C#N)C(N)=S)C1.COCC1CCCNC1. The molecular weight excluding hydrogens is 348 g/mol. The summed E-state index contributed by atoms with van der Waals surface area (Å²) in [5.41, 5.74) is 6.87. The van der Waals surface area contributed by atoms with Crippen LogP contribution < -0.4 is 11.1 Å². The fraction of sp³-hybridized carbons (Fsp3) is 0.789. The summed E-state index contributed by atoms with van der Waals surface area (Å²) in [6.45, 7) is 7.81. The molecule has 0 aromatic carbocycles. The maximum atomic E-state index is 9.04. The minimum absolute atomic E-state index is 0.180. The molecule has 2 unspecified atom stereocenters. The lowest BCUT2D eigenvalue weighted by Crippen LogP contribution is -2.37. The van der Waals surface area contributed by atoms with Gasteiger partial charge in [0, 0.05) is 39.6 Å². The largest absolute Gasteiger partial charge is 0.389 e. The first-order valence-corrected chi connectivity index (χ1v) is 9.78. The van der Waals surface area contributed by atoms with E-state index in [1.54, 1.807) is 14.2 Å². The molecule has 148 valence electrons. The van der Waals surface area contributed by atoms with E-state index in [9.17, 15) is 0 Å². The topological polar surface area (TPSA) is 83.5 Å². The Hall–Kier alpha value is -1.20. The third-order valence-corrected chi connectivity index (χ3v) is 5.12. The Morgan fingerprint density at radius 1 is 1.23 bits per heavy atom. The number of likely N-dealkylation sites (tertiary alicyclic amines) is 1. The van der Waals surface area contributed by atoms with Crippen LogP contribution in [0.25, 0.3) is 0 Å². The molecule has 7 heteroatoms. The second kappa shape index (κ2) is 13.0. The highest BCUT2D eigenvalue weighted by Crippen LogP contribution is 2.21. The number of nitrogens with one attached hydrogen (secondary N) is 1. The maximum Gasteiger partial charge on any atom is 0.116 e. The van der Waals surface area contributed by atoms with Crippen molar-refractivity contribution >= 4 is 17.2 Å². The zero-order chi connectivity index (χ0) is 19.4. The van der Waals surface area contributed by atoms with E-state index in [1.807, 2.05) is 6.92 Å². The molecule has 0 aliphatic carbocycles. The van der Waals surface area contributed by atoms with Crippen molar-refractivity contribution in [3.8, 4) is 6.07 Å². The smallest absolute Gasteiger partial charge is 0.116 e. The van der Waals surface area contributed by atoms with E-state index < -0.39 is 0 Å². The summed E-state index contributed by atoms with van der Waals surface area (Å²) in [6, 6.07) is 2.09. The van der Waals surface area contributed by atoms with Crippen LogP contribution in [0.15, 0.2) is 11.3 Å². The summed E-state index contributed by atoms with van der Waals surface area (Å²) in [4.78, 5) is 2.36. The minimum atomic E-state index is 0.180. The normalized spacial score (nSPS) is 24.0. The number of thiocarbonyl (C=S) groups is 1. The average Bonchev–Trinajstić information content (AvgIpc) is 2.64. The monoisotopic (exact) mass is 382 g/mol. The Balaban J connectivity index is 0.000000314. The molecule has 0 spiro atoms. The molecule has 0 amide bonds. The lowest BCUT2D eigenvalue weighted by atomic mass is 9.98. The Labute approximate surface area is 163 Å². The Bertz CT molecular complexity index is 494. The quantitative estimate of drug-likeness (QED) is 0.413. The lowest BCUT2D eigenvalue weighted by molar-refractivity contribution is 0.104. The van der Waals surface area contributed by atoms with Gasteiger partial charge in [-0.05, 0) is 51.0 Å². The molecular formula is C19H34N4O2S. The van der Waals surface area contributed by atoms with Gasteiger partial charge in [-0.3, -0.25) is 0 Å². The first kappa shape index (κ1) is 22.8. The molecule has 2 rings (SSSR count). The van der Waals surface area contributed by atoms with Crippen molar-refractivity contribution in [2.45, 2.75) is 32.6 Å². The van der Waals surface area contributed by atoms with Gasteiger partial charge in [0.15, 0.2) is 0 Å². The average molecular weight is 383 g/mol. The highest BCUT2D eigenvalue weighted by atomic mass is 32.1. The Morgan fingerprint density at radius 3 is 2.42 bits per heavy atom. The van der Waals surface area contributed by atoms with Gasteiger partial charge in [-0.2, -0.15) is 5.26 Å². The molecule has 26 heavy (non-hydrogen) atoms. The van der Waals surface area contributed by atoms with E-state index in [2.05, 4.69) is 16.3 Å². The van der Waals surface area contributed by atoms with Gasteiger partial charge in [-0.25, -0.2) is 0 Å². The van der Waals surface area contributed by atoms with Crippen LogP contribution in [-0.4, -0.2) is 63.5 Å². The second-order valence-electron chi connectivity index (χ2n) is 7.01. The van der Waals surface area contributed by atoms with Gasteiger partial charge >= 0.3 is 0 Å². The van der Waals surface area contributed by atoms with Gasteiger partial charge in [-0.1, -0.05) is 12.2 Å². The van der Waals surface area contributed by atoms with Crippen LogP contribution in [0.1, 0.15) is 32.6 Å². The van der Waals surface area contributed by atoms with E-state index in [1.165, 1.54) is 25.8 Å². The Kier molecular flexibility index (Phi) is 11.5. The molecule has 0 aromatic heterocycles. The summed E-state index contributed by atoms with van der Waals surface area (Å²) in [6.07, 6.45) is 4.93. The van der Waals surface area contributed by atoms with Crippen molar-refractivity contribution in [3.05, 3.63) is 11.3 Å². The summed E-state index contributed by atoms with van der Waals surface area (Å²) in [5, 5.41) is 12.4. The summed E-state index contributed by atoms with van der Waals surface area (Å²) in [7, 11) is 3.49. The summed E-state index contributed by atoms with van der Waals surface area (Å²) < 4.78 is 10.2. The minimum Gasteiger partial charge on any atom is -0.389 e. The first-order valence-electron chi connectivity index (χ1n) is 9.37.